The molecule has 2 nitrogen and oxygen atoms in total. The SMILES string of the molecule is CC(C)N1CCCC(NCc2cc(F)ccc2F)CC1. The molecule has 20 heavy (non-hydrogen) atoms. The molecule has 4 heteroatoms. The first-order valence-electron chi connectivity index (χ1n) is 7.47. The zero-order valence-electron chi connectivity index (χ0n) is 12.3. The Morgan fingerprint density at radius 3 is 2.80 bits per heavy atom. The Bertz CT molecular complexity index is 434. The van der Waals surface area contributed by atoms with Crippen LogP contribution in [0.5, 0.6) is 0 Å². The van der Waals surface area contributed by atoms with Gasteiger partial charge in [0.25, 0.3) is 0 Å². The van der Waals surface area contributed by atoms with Crippen LogP contribution >= 0.6 is 0 Å². The van der Waals surface area contributed by atoms with Crippen LogP contribution in [0.4, 0.5) is 8.78 Å². The molecule has 2 rings (SSSR count). The summed E-state index contributed by atoms with van der Waals surface area (Å²) in [6.45, 7) is 7.03. The van der Waals surface area contributed by atoms with Gasteiger partial charge in [-0.05, 0) is 64.4 Å². The molecule has 1 N–H and O–H groups in total. The second-order valence-electron chi connectivity index (χ2n) is 5.87. The smallest absolute Gasteiger partial charge is 0.127 e. The molecule has 0 aliphatic carbocycles. The average Bonchev–Trinajstić information content (AvgIpc) is 2.65. The van der Waals surface area contributed by atoms with Gasteiger partial charge in [0, 0.05) is 24.2 Å². The molecular weight excluding hydrogens is 258 g/mol. The Kier molecular flexibility index (Phi) is 5.49. The summed E-state index contributed by atoms with van der Waals surface area (Å²) < 4.78 is 26.7. The lowest BCUT2D eigenvalue weighted by Crippen LogP contribution is -2.34. The van der Waals surface area contributed by atoms with Crippen molar-refractivity contribution in [1.29, 1.82) is 0 Å². The number of halogens is 2. The highest BCUT2D eigenvalue weighted by Gasteiger charge is 2.18. The minimum Gasteiger partial charge on any atom is -0.310 e. The zero-order valence-corrected chi connectivity index (χ0v) is 12.3. The molecule has 1 aromatic rings. The van der Waals surface area contributed by atoms with E-state index < -0.39 is 0 Å². The quantitative estimate of drug-likeness (QED) is 0.911. The lowest BCUT2D eigenvalue weighted by atomic mass is 10.1. The van der Waals surface area contributed by atoms with Gasteiger partial charge in [0.2, 0.25) is 0 Å². The van der Waals surface area contributed by atoms with Crippen LogP contribution in [0, 0.1) is 11.6 Å². The van der Waals surface area contributed by atoms with Crippen molar-refractivity contribution in [3.05, 3.63) is 35.4 Å². The molecule has 0 saturated carbocycles. The summed E-state index contributed by atoms with van der Waals surface area (Å²) in [5, 5.41) is 3.37. The third kappa shape index (κ3) is 4.25. The van der Waals surface area contributed by atoms with E-state index in [4.69, 9.17) is 0 Å². The zero-order chi connectivity index (χ0) is 14.5. The van der Waals surface area contributed by atoms with Gasteiger partial charge in [-0.15, -0.1) is 0 Å². The number of nitrogens with one attached hydrogen (secondary N) is 1. The van der Waals surface area contributed by atoms with E-state index in [1.807, 2.05) is 0 Å². The average molecular weight is 282 g/mol. The highest BCUT2D eigenvalue weighted by atomic mass is 19.1. The number of hydrogen-bond acceptors (Lipinski definition) is 2. The summed E-state index contributed by atoms with van der Waals surface area (Å²) in [4.78, 5) is 2.48. The monoisotopic (exact) mass is 282 g/mol. The highest BCUT2D eigenvalue weighted by molar-refractivity contribution is 5.18. The molecule has 1 aliphatic rings. The van der Waals surface area contributed by atoms with E-state index in [0.717, 1.165) is 38.4 Å². The van der Waals surface area contributed by atoms with E-state index >= 15 is 0 Å². The van der Waals surface area contributed by atoms with Gasteiger partial charge in [-0.2, -0.15) is 0 Å². The summed E-state index contributed by atoms with van der Waals surface area (Å²) in [6, 6.07) is 4.60. The molecule has 0 bridgehead atoms. The molecule has 0 aromatic heterocycles. The number of likely N-dealkylation sites (tertiary alicyclic amines) is 1. The molecule has 1 saturated heterocycles. The van der Waals surface area contributed by atoms with E-state index in [-0.39, 0.29) is 11.6 Å². The largest absolute Gasteiger partial charge is 0.310 e. The van der Waals surface area contributed by atoms with Crippen LogP contribution in [0.15, 0.2) is 18.2 Å². The standard InChI is InChI=1S/C16H24F2N2/c1-12(2)20-8-3-4-15(7-9-20)19-11-13-10-14(17)5-6-16(13)18/h5-6,10,12,15,19H,3-4,7-9,11H2,1-2H3. The van der Waals surface area contributed by atoms with Gasteiger partial charge in [0.1, 0.15) is 11.6 Å². The van der Waals surface area contributed by atoms with Crippen molar-refractivity contribution in [2.45, 2.75) is 51.7 Å². The summed E-state index contributed by atoms with van der Waals surface area (Å²) in [5.74, 6) is -0.716. The predicted octanol–water partition coefficient (Wildman–Crippen LogP) is 3.32. The van der Waals surface area contributed by atoms with Crippen molar-refractivity contribution < 1.29 is 8.78 Å². The Morgan fingerprint density at radius 1 is 1.25 bits per heavy atom. The Balaban J connectivity index is 1.86. The number of benzene rings is 1. The Labute approximate surface area is 120 Å². The lowest BCUT2D eigenvalue weighted by molar-refractivity contribution is 0.229. The lowest BCUT2D eigenvalue weighted by Gasteiger charge is -2.24. The number of hydrogen-bond donors (Lipinski definition) is 1. The van der Waals surface area contributed by atoms with Crippen LogP contribution in [0.3, 0.4) is 0 Å². The fourth-order valence-corrected chi connectivity index (χ4v) is 2.77. The van der Waals surface area contributed by atoms with Gasteiger partial charge < -0.3 is 10.2 Å². The maximum atomic E-state index is 13.6. The normalized spacial score (nSPS) is 21.1. The molecule has 1 heterocycles. The van der Waals surface area contributed by atoms with Crippen molar-refractivity contribution in [2.24, 2.45) is 0 Å². The summed E-state index contributed by atoms with van der Waals surface area (Å²) in [6.07, 6.45) is 3.32. The van der Waals surface area contributed by atoms with Gasteiger partial charge in [-0.3, -0.25) is 0 Å². The molecule has 0 radical (unpaired) electrons. The van der Waals surface area contributed by atoms with Gasteiger partial charge in [-0.25, -0.2) is 8.78 Å². The fourth-order valence-electron chi connectivity index (χ4n) is 2.77. The van der Waals surface area contributed by atoms with Crippen molar-refractivity contribution in [3.63, 3.8) is 0 Å². The summed E-state index contributed by atoms with van der Waals surface area (Å²) in [7, 11) is 0. The van der Waals surface area contributed by atoms with Crippen LogP contribution in [-0.4, -0.2) is 30.1 Å². The van der Waals surface area contributed by atoms with Gasteiger partial charge in [-0.1, -0.05) is 0 Å². The van der Waals surface area contributed by atoms with Crippen LogP contribution in [0.1, 0.15) is 38.7 Å². The van der Waals surface area contributed by atoms with Crippen LogP contribution in [-0.2, 0) is 6.54 Å². The minimum absolute atomic E-state index is 0.337. The van der Waals surface area contributed by atoms with Crippen LogP contribution < -0.4 is 5.32 Å². The topological polar surface area (TPSA) is 15.3 Å². The number of nitrogens with zero attached hydrogens (tertiary/aromatic N) is 1. The second kappa shape index (κ2) is 7.14. The fraction of sp³-hybridized carbons (Fsp3) is 0.625. The number of rotatable bonds is 4. The maximum absolute atomic E-state index is 13.6. The molecule has 1 aromatic carbocycles. The van der Waals surface area contributed by atoms with Crippen molar-refractivity contribution in [3.8, 4) is 0 Å². The summed E-state index contributed by atoms with van der Waals surface area (Å²) in [5.41, 5.74) is 0.412. The van der Waals surface area contributed by atoms with Crippen LogP contribution in [0.2, 0.25) is 0 Å². The van der Waals surface area contributed by atoms with Crippen molar-refractivity contribution in [1.82, 2.24) is 10.2 Å². The Morgan fingerprint density at radius 2 is 2.05 bits per heavy atom. The maximum Gasteiger partial charge on any atom is 0.127 e. The molecule has 1 unspecified atom stereocenters. The molecule has 0 amide bonds. The minimum atomic E-state index is -0.380. The predicted molar refractivity (Wildman–Crippen MR) is 77.5 cm³/mol. The van der Waals surface area contributed by atoms with E-state index in [9.17, 15) is 8.78 Å². The van der Waals surface area contributed by atoms with Gasteiger partial charge in [0.15, 0.2) is 0 Å². The molecular formula is C16H24F2N2. The molecule has 112 valence electrons. The highest BCUT2D eigenvalue weighted by Crippen LogP contribution is 2.15. The second-order valence-corrected chi connectivity index (χ2v) is 5.87. The van der Waals surface area contributed by atoms with E-state index in [2.05, 4.69) is 24.1 Å². The molecule has 1 fully saturated rings. The molecule has 1 aliphatic heterocycles. The first-order valence-corrected chi connectivity index (χ1v) is 7.47. The van der Waals surface area contributed by atoms with Crippen LogP contribution in [0.25, 0.3) is 0 Å². The first kappa shape index (κ1) is 15.4. The first-order chi connectivity index (χ1) is 9.56. The van der Waals surface area contributed by atoms with E-state index in [1.54, 1.807) is 0 Å². The Hall–Kier alpha value is -1.00. The van der Waals surface area contributed by atoms with Crippen molar-refractivity contribution in [2.75, 3.05) is 13.1 Å². The van der Waals surface area contributed by atoms with Gasteiger partial charge in [0.05, 0.1) is 0 Å². The van der Waals surface area contributed by atoms with E-state index in [0.29, 0.717) is 24.2 Å². The van der Waals surface area contributed by atoms with Gasteiger partial charge >= 0.3 is 0 Å². The van der Waals surface area contributed by atoms with E-state index in [1.165, 1.54) is 12.1 Å². The van der Waals surface area contributed by atoms with Crippen molar-refractivity contribution >= 4 is 0 Å². The molecule has 0 spiro atoms. The third-order valence-corrected chi connectivity index (χ3v) is 4.08. The molecule has 1 atom stereocenters. The third-order valence-electron chi connectivity index (χ3n) is 4.08. The summed E-state index contributed by atoms with van der Waals surface area (Å²) >= 11 is 0.